The molecule has 0 unspecified atom stereocenters. The molecule has 52 heavy (non-hydrogen) atoms. The summed E-state index contributed by atoms with van der Waals surface area (Å²) in [5.74, 6) is 0. The van der Waals surface area contributed by atoms with Crippen LogP contribution in [0.1, 0.15) is 25.0 Å². The standard InChI is InChI=1S/C51H37N/c1-51(2)48-32-39(44-21-12-18-34-15-8-9-19-43(34)44)24-27-46(48)47-28-26-42(33-49(47)51)52(50-22-11-10-20-45(50)35-13-4-3-5-14-35)41-25-23-38-29-36-16-6-7-17-37(36)30-40(38)31-41/h3-33H,1-2H3. The topological polar surface area (TPSA) is 3.24 Å². The molecular weight excluding hydrogens is 627 g/mol. The van der Waals surface area contributed by atoms with Gasteiger partial charge in [-0.1, -0.05) is 153 Å². The quantitative estimate of drug-likeness (QED) is 0.166. The molecule has 0 heterocycles. The fraction of sp³-hybridized carbons (Fsp3) is 0.0588. The van der Waals surface area contributed by atoms with Crippen molar-refractivity contribution < 1.29 is 0 Å². The maximum Gasteiger partial charge on any atom is 0.0540 e. The van der Waals surface area contributed by atoms with Crippen LogP contribution in [0, 0.1) is 0 Å². The first-order valence-corrected chi connectivity index (χ1v) is 18.2. The van der Waals surface area contributed by atoms with Gasteiger partial charge in [0, 0.05) is 22.4 Å². The molecule has 0 bridgehead atoms. The Balaban J connectivity index is 1.14. The van der Waals surface area contributed by atoms with Gasteiger partial charge in [-0.25, -0.2) is 0 Å². The van der Waals surface area contributed by atoms with Crippen LogP contribution in [0.4, 0.5) is 17.1 Å². The Morgan fingerprint density at radius 1 is 0.346 bits per heavy atom. The lowest BCUT2D eigenvalue weighted by Crippen LogP contribution is -2.17. The Morgan fingerprint density at radius 3 is 1.75 bits per heavy atom. The van der Waals surface area contributed by atoms with E-state index in [0.717, 1.165) is 17.1 Å². The molecule has 0 radical (unpaired) electrons. The van der Waals surface area contributed by atoms with E-state index in [1.807, 2.05) is 0 Å². The first-order chi connectivity index (χ1) is 25.5. The minimum atomic E-state index is -0.186. The van der Waals surface area contributed by atoms with Crippen LogP contribution in [0.15, 0.2) is 188 Å². The van der Waals surface area contributed by atoms with E-state index in [9.17, 15) is 0 Å². The second kappa shape index (κ2) is 11.8. The molecule has 1 nitrogen and oxygen atoms in total. The molecule has 0 amide bonds. The van der Waals surface area contributed by atoms with Crippen LogP contribution in [-0.4, -0.2) is 0 Å². The smallest absolute Gasteiger partial charge is 0.0540 e. The highest BCUT2D eigenvalue weighted by molar-refractivity contribution is 6.01. The summed E-state index contributed by atoms with van der Waals surface area (Å²) in [5, 5.41) is 7.54. The maximum absolute atomic E-state index is 2.46. The SMILES string of the molecule is CC1(C)c2cc(-c3cccc4ccccc34)ccc2-c2ccc(N(c3ccc4cc5ccccc5cc4c3)c3ccccc3-c3ccccc3)cc21. The fourth-order valence-corrected chi connectivity index (χ4v) is 8.53. The van der Waals surface area contributed by atoms with Crippen molar-refractivity contribution in [2.75, 3.05) is 4.90 Å². The van der Waals surface area contributed by atoms with E-state index in [-0.39, 0.29) is 5.41 Å². The molecular formula is C51H37N. The summed E-state index contributed by atoms with van der Waals surface area (Å²) < 4.78 is 0. The lowest BCUT2D eigenvalue weighted by Gasteiger charge is -2.30. The third-order valence-electron chi connectivity index (χ3n) is 11.2. The van der Waals surface area contributed by atoms with Gasteiger partial charge in [0.25, 0.3) is 0 Å². The summed E-state index contributed by atoms with van der Waals surface area (Å²) in [5.41, 5.74) is 13.6. The molecule has 1 aliphatic carbocycles. The molecule has 9 aromatic carbocycles. The Kier molecular flexibility index (Phi) is 6.91. The number of fused-ring (bicyclic) bond motifs is 6. The van der Waals surface area contributed by atoms with Gasteiger partial charge in [-0.15, -0.1) is 0 Å². The van der Waals surface area contributed by atoms with Crippen molar-refractivity contribution in [3.05, 3.63) is 199 Å². The van der Waals surface area contributed by atoms with Gasteiger partial charge in [-0.3, -0.25) is 0 Å². The molecule has 0 atom stereocenters. The van der Waals surface area contributed by atoms with E-state index in [0.29, 0.717) is 0 Å². The molecule has 1 heteroatoms. The molecule has 9 aromatic rings. The number of anilines is 3. The Hall–Kier alpha value is -6.44. The Bertz CT molecular complexity index is 2820. The van der Waals surface area contributed by atoms with Crippen molar-refractivity contribution in [3.8, 4) is 33.4 Å². The summed E-state index contributed by atoms with van der Waals surface area (Å²) in [6.07, 6.45) is 0. The van der Waals surface area contributed by atoms with Crippen molar-refractivity contribution in [2.45, 2.75) is 19.3 Å². The molecule has 1 aliphatic rings. The van der Waals surface area contributed by atoms with Crippen molar-refractivity contribution in [1.82, 2.24) is 0 Å². The van der Waals surface area contributed by atoms with Gasteiger partial charge in [-0.05, 0) is 120 Å². The number of rotatable bonds is 5. The molecule has 246 valence electrons. The van der Waals surface area contributed by atoms with Gasteiger partial charge < -0.3 is 4.90 Å². The summed E-state index contributed by atoms with van der Waals surface area (Å²) in [6, 6.07) is 69.3. The van der Waals surface area contributed by atoms with E-state index in [2.05, 4.69) is 207 Å². The number of benzene rings is 9. The summed E-state index contributed by atoms with van der Waals surface area (Å²) >= 11 is 0. The predicted molar refractivity (Wildman–Crippen MR) is 222 cm³/mol. The second-order valence-corrected chi connectivity index (χ2v) is 14.6. The Labute approximate surface area is 305 Å². The summed E-state index contributed by atoms with van der Waals surface area (Å²) in [7, 11) is 0. The van der Waals surface area contributed by atoms with E-state index in [1.165, 1.54) is 76.8 Å². The maximum atomic E-state index is 2.46. The van der Waals surface area contributed by atoms with Crippen LogP contribution in [0.3, 0.4) is 0 Å². The zero-order chi connectivity index (χ0) is 34.8. The van der Waals surface area contributed by atoms with Crippen molar-refractivity contribution in [1.29, 1.82) is 0 Å². The minimum Gasteiger partial charge on any atom is -0.310 e. The number of para-hydroxylation sites is 1. The predicted octanol–water partition coefficient (Wildman–Crippen LogP) is 14.3. The van der Waals surface area contributed by atoms with Gasteiger partial charge in [-0.2, -0.15) is 0 Å². The molecule has 0 aromatic heterocycles. The highest BCUT2D eigenvalue weighted by Crippen LogP contribution is 2.52. The average Bonchev–Trinajstić information content (AvgIpc) is 3.42. The van der Waals surface area contributed by atoms with E-state index in [4.69, 9.17) is 0 Å². The van der Waals surface area contributed by atoms with Crippen LogP contribution in [0.25, 0.3) is 65.7 Å². The van der Waals surface area contributed by atoms with Crippen LogP contribution >= 0.6 is 0 Å². The highest BCUT2D eigenvalue weighted by atomic mass is 15.1. The van der Waals surface area contributed by atoms with Gasteiger partial charge in [0.05, 0.1) is 5.69 Å². The van der Waals surface area contributed by atoms with Crippen LogP contribution < -0.4 is 4.90 Å². The van der Waals surface area contributed by atoms with Crippen molar-refractivity contribution >= 4 is 49.4 Å². The third kappa shape index (κ3) is 4.85. The zero-order valence-electron chi connectivity index (χ0n) is 29.3. The number of hydrogen-bond donors (Lipinski definition) is 0. The van der Waals surface area contributed by atoms with Gasteiger partial charge >= 0.3 is 0 Å². The van der Waals surface area contributed by atoms with Gasteiger partial charge in [0.2, 0.25) is 0 Å². The second-order valence-electron chi connectivity index (χ2n) is 14.6. The first kappa shape index (κ1) is 30.4. The first-order valence-electron chi connectivity index (χ1n) is 18.2. The third-order valence-corrected chi connectivity index (χ3v) is 11.2. The molecule has 10 rings (SSSR count). The largest absolute Gasteiger partial charge is 0.310 e. The lowest BCUT2D eigenvalue weighted by atomic mass is 9.81. The zero-order valence-corrected chi connectivity index (χ0v) is 29.3. The summed E-state index contributed by atoms with van der Waals surface area (Å²) in [4.78, 5) is 2.46. The van der Waals surface area contributed by atoms with Crippen molar-refractivity contribution in [3.63, 3.8) is 0 Å². The van der Waals surface area contributed by atoms with E-state index >= 15 is 0 Å². The molecule has 0 fully saturated rings. The molecule has 0 spiro atoms. The lowest BCUT2D eigenvalue weighted by molar-refractivity contribution is 0.660. The fourth-order valence-electron chi connectivity index (χ4n) is 8.53. The number of hydrogen-bond acceptors (Lipinski definition) is 1. The average molecular weight is 664 g/mol. The van der Waals surface area contributed by atoms with Gasteiger partial charge in [0.15, 0.2) is 0 Å². The van der Waals surface area contributed by atoms with E-state index in [1.54, 1.807) is 0 Å². The molecule has 0 N–H and O–H groups in total. The van der Waals surface area contributed by atoms with Crippen LogP contribution in [0.5, 0.6) is 0 Å². The summed E-state index contributed by atoms with van der Waals surface area (Å²) in [6.45, 7) is 4.77. The Morgan fingerprint density at radius 2 is 0.923 bits per heavy atom. The molecule has 0 saturated heterocycles. The highest BCUT2D eigenvalue weighted by Gasteiger charge is 2.36. The molecule has 0 saturated carbocycles. The van der Waals surface area contributed by atoms with Gasteiger partial charge in [0.1, 0.15) is 0 Å². The van der Waals surface area contributed by atoms with E-state index < -0.39 is 0 Å². The molecule has 0 aliphatic heterocycles. The van der Waals surface area contributed by atoms with Crippen LogP contribution in [-0.2, 0) is 5.41 Å². The monoisotopic (exact) mass is 663 g/mol. The van der Waals surface area contributed by atoms with Crippen LogP contribution in [0.2, 0.25) is 0 Å². The normalized spacial score (nSPS) is 13.0. The minimum absolute atomic E-state index is 0.186. The number of nitrogens with zero attached hydrogens (tertiary/aromatic N) is 1. The van der Waals surface area contributed by atoms with Crippen molar-refractivity contribution in [2.24, 2.45) is 0 Å².